The first-order valence-electron chi connectivity index (χ1n) is 7.24. The normalized spacial score (nSPS) is 13.1. The summed E-state index contributed by atoms with van der Waals surface area (Å²) in [6, 6.07) is 10.1. The van der Waals surface area contributed by atoms with Crippen LogP contribution in [0.3, 0.4) is 0 Å². The van der Waals surface area contributed by atoms with Crippen LogP contribution in [-0.4, -0.2) is 54.1 Å². The van der Waals surface area contributed by atoms with Crippen molar-refractivity contribution in [3.63, 3.8) is 0 Å². The van der Waals surface area contributed by atoms with Crippen LogP contribution in [0.2, 0.25) is 0 Å². The molecule has 0 spiro atoms. The molecule has 2 N–H and O–H groups in total. The average Bonchev–Trinajstić information content (AvgIpc) is 2.39. The quantitative estimate of drug-likeness (QED) is 0.683. The minimum atomic E-state index is -0.524. The molecule has 0 amide bonds. The number of hydrogen-bond acceptors (Lipinski definition) is 4. The number of rotatable bonds is 10. The van der Waals surface area contributed by atoms with Gasteiger partial charge in [0.2, 0.25) is 0 Å². The van der Waals surface area contributed by atoms with Crippen molar-refractivity contribution >= 4 is 0 Å². The molecule has 0 fully saturated rings. The Bertz CT molecular complexity index is 343. The van der Waals surface area contributed by atoms with Gasteiger partial charge in [0, 0.05) is 26.2 Å². The second-order valence-electron chi connectivity index (χ2n) is 5.53. The Kier molecular flexibility index (Phi) is 8.46. The van der Waals surface area contributed by atoms with Crippen LogP contribution in [-0.2, 0) is 11.3 Å². The van der Waals surface area contributed by atoms with Gasteiger partial charge in [-0.15, -0.1) is 0 Å². The minimum Gasteiger partial charge on any atom is -0.395 e. The molecule has 114 valence electrons. The molecule has 0 bridgehead atoms. The van der Waals surface area contributed by atoms with E-state index in [4.69, 9.17) is 9.84 Å². The number of nitrogens with zero attached hydrogens (tertiary/aromatic N) is 1. The van der Waals surface area contributed by atoms with E-state index in [9.17, 15) is 5.11 Å². The van der Waals surface area contributed by atoms with Crippen molar-refractivity contribution in [2.24, 2.45) is 5.92 Å². The summed E-state index contributed by atoms with van der Waals surface area (Å²) in [5.41, 5.74) is 1.18. The monoisotopic (exact) mass is 281 g/mol. The maximum atomic E-state index is 9.99. The topological polar surface area (TPSA) is 52.9 Å². The van der Waals surface area contributed by atoms with Crippen LogP contribution < -0.4 is 0 Å². The summed E-state index contributed by atoms with van der Waals surface area (Å²) in [4.78, 5) is 2.04. The molecule has 0 aliphatic rings. The molecule has 4 heteroatoms. The zero-order chi connectivity index (χ0) is 14.8. The Morgan fingerprint density at radius 1 is 1.15 bits per heavy atom. The van der Waals surface area contributed by atoms with Crippen molar-refractivity contribution in [2.45, 2.75) is 26.5 Å². The highest BCUT2D eigenvalue weighted by Gasteiger charge is 2.12. The van der Waals surface area contributed by atoms with E-state index in [0.717, 1.165) is 6.54 Å². The third kappa shape index (κ3) is 7.60. The maximum Gasteiger partial charge on any atom is 0.0900 e. The number of hydrogen-bond donors (Lipinski definition) is 2. The van der Waals surface area contributed by atoms with E-state index < -0.39 is 6.10 Å². The average molecular weight is 281 g/mol. The van der Waals surface area contributed by atoms with Crippen molar-refractivity contribution < 1.29 is 14.9 Å². The lowest BCUT2D eigenvalue weighted by molar-refractivity contribution is 0.00467. The molecule has 1 rings (SSSR count). The van der Waals surface area contributed by atoms with Crippen LogP contribution in [0.5, 0.6) is 0 Å². The summed E-state index contributed by atoms with van der Waals surface area (Å²) < 4.78 is 5.45. The molecular weight excluding hydrogens is 254 g/mol. The number of aliphatic hydroxyl groups excluding tert-OH is 2. The van der Waals surface area contributed by atoms with Gasteiger partial charge in [-0.2, -0.15) is 0 Å². The molecular formula is C16H27NO3. The first-order chi connectivity index (χ1) is 9.61. The van der Waals surface area contributed by atoms with Gasteiger partial charge >= 0.3 is 0 Å². The molecule has 1 aromatic carbocycles. The number of aliphatic hydroxyl groups is 2. The van der Waals surface area contributed by atoms with E-state index in [1.165, 1.54) is 5.56 Å². The largest absolute Gasteiger partial charge is 0.395 e. The van der Waals surface area contributed by atoms with Crippen molar-refractivity contribution in [3.8, 4) is 0 Å². The van der Waals surface area contributed by atoms with Gasteiger partial charge in [-0.1, -0.05) is 44.2 Å². The Labute approximate surface area is 122 Å². The molecule has 0 saturated carbocycles. The van der Waals surface area contributed by atoms with Crippen LogP contribution in [0.25, 0.3) is 0 Å². The highest BCUT2D eigenvalue weighted by Crippen LogP contribution is 2.05. The van der Waals surface area contributed by atoms with Gasteiger partial charge in [0.05, 0.1) is 19.3 Å². The Balaban J connectivity index is 2.37. The molecule has 0 aliphatic heterocycles. The van der Waals surface area contributed by atoms with Crippen LogP contribution in [0, 0.1) is 5.92 Å². The fraction of sp³-hybridized carbons (Fsp3) is 0.625. The molecule has 0 aromatic heterocycles. The highest BCUT2D eigenvalue weighted by molar-refractivity contribution is 5.14. The standard InChI is InChI=1S/C16H27NO3/c1-14(2)12-20-13-16(19)11-17(8-9-18)10-15-6-4-3-5-7-15/h3-7,14,16,18-19H,8-13H2,1-2H3. The molecule has 0 saturated heterocycles. The van der Waals surface area contributed by atoms with E-state index >= 15 is 0 Å². The van der Waals surface area contributed by atoms with Crippen molar-refractivity contribution in [2.75, 3.05) is 32.9 Å². The molecule has 0 radical (unpaired) electrons. The number of ether oxygens (including phenoxy) is 1. The molecule has 1 aromatic rings. The highest BCUT2D eigenvalue weighted by atomic mass is 16.5. The summed E-state index contributed by atoms with van der Waals surface area (Å²) in [6.45, 7) is 7.04. The van der Waals surface area contributed by atoms with Gasteiger partial charge in [0.15, 0.2) is 0 Å². The van der Waals surface area contributed by atoms with E-state index in [0.29, 0.717) is 32.2 Å². The smallest absolute Gasteiger partial charge is 0.0900 e. The lowest BCUT2D eigenvalue weighted by atomic mass is 10.2. The molecule has 4 nitrogen and oxygen atoms in total. The van der Waals surface area contributed by atoms with Gasteiger partial charge in [0.25, 0.3) is 0 Å². The summed E-state index contributed by atoms with van der Waals surface area (Å²) in [5, 5.41) is 19.1. The van der Waals surface area contributed by atoms with Crippen LogP contribution in [0.1, 0.15) is 19.4 Å². The third-order valence-electron chi connectivity index (χ3n) is 2.90. The Hall–Kier alpha value is -0.940. The lowest BCUT2D eigenvalue weighted by Gasteiger charge is -2.24. The zero-order valence-electron chi connectivity index (χ0n) is 12.5. The summed E-state index contributed by atoms with van der Waals surface area (Å²) in [7, 11) is 0. The summed E-state index contributed by atoms with van der Waals surface area (Å²) >= 11 is 0. The van der Waals surface area contributed by atoms with Gasteiger partial charge in [0.1, 0.15) is 0 Å². The molecule has 1 unspecified atom stereocenters. The van der Waals surface area contributed by atoms with Gasteiger partial charge < -0.3 is 14.9 Å². The fourth-order valence-corrected chi connectivity index (χ4v) is 2.01. The molecule has 1 atom stereocenters. The molecule has 0 aliphatic carbocycles. The first-order valence-corrected chi connectivity index (χ1v) is 7.24. The van der Waals surface area contributed by atoms with Crippen molar-refractivity contribution in [3.05, 3.63) is 35.9 Å². The molecule has 0 heterocycles. The first kappa shape index (κ1) is 17.1. The van der Waals surface area contributed by atoms with Gasteiger partial charge in [-0.3, -0.25) is 4.90 Å². The van der Waals surface area contributed by atoms with Gasteiger partial charge in [-0.05, 0) is 11.5 Å². The zero-order valence-corrected chi connectivity index (χ0v) is 12.5. The van der Waals surface area contributed by atoms with E-state index in [-0.39, 0.29) is 6.61 Å². The summed E-state index contributed by atoms with van der Waals surface area (Å²) in [6.07, 6.45) is -0.524. The fourth-order valence-electron chi connectivity index (χ4n) is 2.01. The molecule has 20 heavy (non-hydrogen) atoms. The minimum absolute atomic E-state index is 0.0897. The third-order valence-corrected chi connectivity index (χ3v) is 2.90. The van der Waals surface area contributed by atoms with E-state index in [1.54, 1.807) is 0 Å². The van der Waals surface area contributed by atoms with Crippen LogP contribution in [0.4, 0.5) is 0 Å². The SMILES string of the molecule is CC(C)COCC(O)CN(CCO)Cc1ccccc1. The predicted molar refractivity (Wildman–Crippen MR) is 80.5 cm³/mol. The van der Waals surface area contributed by atoms with Gasteiger partial charge in [-0.25, -0.2) is 0 Å². The van der Waals surface area contributed by atoms with E-state index in [2.05, 4.69) is 13.8 Å². The van der Waals surface area contributed by atoms with E-state index in [1.807, 2.05) is 35.2 Å². The summed E-state index contributed by atoms with van der Waals surface area (Å²) in [5.74, 6) is 0.472. The Morgan fingerprint density at radius 3 is 2.45 bits per heavy atom. The van der Waals surface area contributed by atoms with Crippen LogP contribution >= 0.6 is 0 Å². The number of benzene rings is 1. The predicted octanol–water partition coefficient (Wildman–Crippen LogP) is 1.51. The lowest BCUT2D eigenvalue weighted by Crippen LogP contribution is -2.36. The van der Waals surface area contributed by atoms with Crippen LogP contribution in [0.15, 0.2) is 30.3 Å². The van der Waals surface area contributed by atoms with Crippen molar-refractivity contribution in [1.29, 1.82) is 0 Å². The second kappa shape index (κ2) is 9.88. The Morgan fingerprint density at radius 2 is 1.85 bits per heavy atom. The maximum absolute atomic E-state index is 9.99. The van der Waals surface area contributed by atoms with Crippen molar-refractivity contribution in [1.82, 2.24) is 4.90 Å². The second-order valence-corrected chi connectivity index (χ2v) is 5.53.